The molecule has 2 N–H and O–H groups in total. The van der Waals surface area contributed by atoms with Gasteiger partial charge in [-0.3, -0.25) is 0 Å². The second-order valence-electron chi connectivity index (χ2n) is 4.71. The predicted octanol–water partition coefficient (Wildman–Crippen LogP) is 2.84. The summed E-state index contributed by atoms with van der Waals surface area (Å²) in [6.07, 6.45) is 6.78. The van der Waals surface area contributed by atoms with Gasteiger partial charge in [0.1, 0.15) is 5.75 Å². The van der Waals surface area contributed by atoms with Gasteiger partial charge in [0.25, 0.3) is 0 Å². The molecule has 5 nitrogen and oxygen atoms in total. The fourth-order valence-electron chi connectivity index (χ4n) is 1.79. The Labute approximate surface area is 124 Å². The molecule has 7 heteroatoms. The van der Waals surface area contributed by atoms with Crippen molar-refractivity contribution in [2.75, 3.05) is 6.61 Å². The third-order valence-electron chi connectivity index (χ3n) is 2.87. The molecule has 0 aromatic heterocycles. The highest BCUT2D eigenvalue weighted by Crippen LogP contribution is 2.23. The first-order valence-electron chi connectivity index (χ1n) is 7.25. The van der Waals surface area contributed by atoms with Gasteiger partial charge in [-0.15, -0.1) is 0 Å². The van der Waals surface area contributed by atoms with Crippen LogP contribution in [0.1, 0.15) is 45.4 Å². The minimum atomic E-state index is -1.99. The highest BCUT2D eigenvalue weighted by atomic mass is 19.1. The molecule has 0 aliphatic heterocycles. The molecule has 118 valence electrons. The Morgan fingerprint density at radius 1 is 1.10 bits per heavy atom. The van der Waals surface area contributed by atoms with Gasteiger partial charge in [-0.2, -0.15) is 4.89 Å². The highest BCUT2D eigenvalue weighted by Gasteiger charge is 2.13. The van der Waals surface area contributed by atoms with Gasteiger partial charge in [0.2, 0.25) is 5.75 Å². The van der Waals surface area contributed by atoms with E-state index in [9.17, 15) is 4.39 Å². The molecule has 0 unspecified atom stereocenters. The molecule has 0 bridgehead atoms. The van der Waals surface area contributed by atoms with Crippen LogP contribution in [-0.2, 0) is 4.89 Å². The molecule has 1 rings (SSSR count). The summed E-state index contributed by atoms with van der Waals surface area (Å²) in [5.74, 6) is -0.775. The van der Waals surface area contributed by atoms with Crippen LogP contribution in [0.2, 0.25) is 0 Å². The Kier molecular flexibility index (Phi) is 8.81. The maximum atomic E-state index is 13.6. The molecule has 0 fully saturated rings. The van der Waals surface area contributed by atoms with E-state index in [4.69, 9.17) is 19.8 Å². The first kappa shape index (κ1) is 17.7. The Balaban J connectivity index is 2.20. The summed E-state index contributed by atoms with van der Waals surface area (Å²) in [6, 6.07) is 3.64. The third kappa shape index (κ3) is 7.89. The Morgan fingerprint density at radius 2 is 1.81 bits per heavy atom. The summed E-state index contributed by atoms with van der Waals surface area (Å²) in [5, 5.41) is 17.2. The Hall–Kier alpha value is -1.31. The van der Waals surface area contributed by atoms with Crippen LogP contribution in [0.3, 0.4) is 0 Å². The maximum absolute atomic E-state index is 13.6. The first-order valence-corrected chi connectivity index (χ1v) is 7.25. The minimum Gasteiger partial charge on any atom is -0.512 e. The lowest BCUT2D eigenvalue weighted by atomic mass is 10.1. The van der Waals surface area contributed by atoms with Gasteiger partial charge >= 0.3 is 7.32 Å². The number of hydrogen-bond donors (Lipinski definition) is 2. The van der Waals surface area contributed by atoms with Crippen molar-refractivity contribution in [3.8, 4) is 11.5 Å². The molecule has 0 atom stereocenters. The van der Waals surface area contributed by atoms with Crippen molar-refractivity contribution in [3.63, 3.8) is 0 Å². The zero-order chi connectivity index (χ0) is 15.5. The third-order valence-corrected chi connectivity index (χ3v) is 2.87. The van der Waals surface area contributed by atoms with Crippen LogP contribution < -0.4 is 9.54 Å². The van der Waals surface area contributed by atoms with Crippen molar-refractivity contribution in [2.45, 2.75) is 45.4 Å². The van der Waals surface area contributed by atoms with Crippen molar-refractivity contribution in [2.24, 2.45) is 0 Å². The standard InChI is InChI=1S/C14H22BFO5/c1-2-3-4-5-6-7-10-19-21-14-9-8-12(11-13(14)16)20-15(17)18/h8-9,11,17-18H,2-7,10H2,1H3. The van der Waals surface area contributed by atoms with E-state index in [1.165, 1.54) is 37.8 Å². The van der Waals surface area contributed by atoms with E-state index < -0.39 is 13.1 Å². The van der Waals surface area contributed by atoms with Gasteiger partial charge in [0.15, 0.2) is 5.82 Å². The molecule has 0 amide bonds. The summed E-state index contributed by atoms with van der Waals surface area (Å²) in [7, 11) is -1.99. The smallest absolute Gasteiger partial charge is 0.512 e. The van der Waals surface area contributed by atoms with Crippen LogP contribution in [-0.4, -0.2) is 24.0 Å². The fourth-order valence-corrected chi connectivity index (χ4v) is 1.79. The number of halogens is 1. The lowest BCUT2D eigenvalue weighted by Crippen LogP contribution is -2.20. The van der Waals surface area contributed by atoms with Crippen LogP contribution in [0.25, 0.3) is 0 Å². The normalized spacial score (nSPS) is 10.5. The highest BCUT2D eigenvalue weighted by molar-refractivity contribution is 6.33. The largest absolute Gasteiger partial charge is 0.707 e. The summed E-state index contributed by atoms with van der Waals surface area (Å²) >= 11 is 0. The van der Waals surface area contributed by atoms with E-state index in [0.717, 1.165) is 18.9 Å². The van der Waals surface area contributed by atoms with Gasteiger partial charge in [-0.1, -0.05) is 39.0 Å². The molecule has 1 aromatic rings. The van der Waals surface area contributed by atoms with Crippen LogP contribution in [0.5, 0.6) is 11.5 Å². The number of benzene rings is 1. The summed E-state index contributed by atoms with van der Waals surface area (Å²) in [6.45, 7) is 2.57. The molecule has 0 aliphatic rings. The number of rotatable bonds is 11. The van der Waals surface area contributed by atoms with Crippen molar-refractivity contribution >= 4 is 7.32 Å². The van der Waals surface area contributed by atoms with Crippen LogP contribution in [0.4, 0.5) is 4.39 Å². The van der Waals surface area contributed by atoms with E-state index in [-0.39, 0.29) is 11.5 Å². The second kappa shape index (κ2) is 10.4. The number of unbranched alkanes of at least 4 members (excludes halogenated alkanes) is 5. The van der Waals surface area contributed by atoms with Crippen LogP contribution in [0.15, 0.2) is 18.2 Å². The zero-order valence-electron chi connectivity index (χ0n) is 12.3. The van der Waals surface area contributed by atoms with E-state index >= 15 is 0 Å². The molecule has 0 radical (unpaired) electrons. The Morgan fingerprint density at radius 3 is 2.48 bits per heavy atom. The van der Waals surface area contributed by atoms with Crippen LogP contribution >= 0.6 is 0 Å². The topological polar surface area (TPSA) is 68.2 Å². The maximum Gasteiger partial charge on any atom is 0.707 e. The lowest BCUT2D eigenvalue weighted by molar-refractivity contribution is -0.209. The fraction of sp³-hybridized carbons (Fsp3) is 0.571. The lowest BCUT2D eigenvalue weighted by Gasteiger charge is -2.08. The molecular formula is C14H22BFO5. The summed E-state index contributed by atoms with van der Waals surface area (Å²) in [5.41, 5.74) is 0. The molecule has 0 heterocycles. The average Bonchev–Trinajstić information content (AvgIpc) is 2.43. The monoisotopic (exact) mass is 300 g/mol. The van der Waals surface area contributed by atoms with Gasteiger partial charge in [0, 0.05) is 6.07 Å². The van der Waals surface area contributed by atoms with E-state index in [0.29, 0.717) is 6.61 Å². The molecule has 0 spiro atoms. The molecule has 0 saturated heterocycles. The van der Waals surface area contributed by atoms with Crippen molar-refractivity contribution in [1.82, 2.24) is 0 Å². The first-order chi connectivity index (χ1) is 10.1. The molecular weight excluding hydrogens is 278 g/mol. The van der Waals surface area contributed by atoms with Crippen LogP contribution in [0, 0.1) is 5.82 Å². The molecule has 21 heavy (non-hydrogen) atoms. The summed E-state index contributed by atoms with van der Waals surface area (Å²) in [4.78, 5) is 9.82. The SMILES string of the molecule is CCCCCCCCOOc1ccc(OB(O)O)cc1F. The molecule has 0 saturated carbocycles. The average molecular weight is 300 g/mol. The number of hydrogen-bond acceptors (Lipinski definition) is 5. The van der Waals surface area contributed by atoms with E-state index in [2.05, 4.69) is 11.6 Å². The zero-order valence-corrected chi connectivity index (χ0v) is 12.3. The Bertz CT molecular complexity index is 403. The van der Waals surface area contributed by atoms with Gasteiger partial charge < -0.3 is 19.6 Å². The van der Waals surface area contributed by atoms with Gasteiger partial charge in [-0.05, 0) is 18.6 Å². The molecule has 1 aromatic carbocycles. The quantitative estimate of drug-likeness (QED) is 0.285. The van der Waals surface area contributed by atoms with Crippen molar-refractivity contribution in [1.29, 1.82) is 0 Å². The minimum absolute atomic E-state index is 0.00854. The van der Waals surface area contributed by atoms with Gasteiger partial charge in [0.05, 0.1) is 6.61 Å². The van der Waals surface area contributed by atoms with E-state index in [1.54, 1.807) is 0 Å². The summed E-state index contributed by atoms with van der Waals surface area (Å²) < 4.78 is 18.1. The van der Waals surface area contributed by atoms with Gasteiger partial charge in [-0.25, -0.2) is 4.39 Å². The van der Waals surface area contributed by atoms with Crippen molar-refractivity contribution < 1.29 is 28.9 Å². The second-order valence-corrected chi connectivity index (χ2v) is 4.71. The predicted molar refractivity (Wildman–Crippen MR) is 77.2 cm³/mol. The van der Waals surface area contributed by atoms with E-state index in [1.807, 2.05) is 0 Å². The molecule has 0 aliphatic carbocycles. The van der Waals surface area contributed by atoms with Crippen molar-refractivity contribution in [3.05, 3.63) is 24.0 Å².